The first-order chi connectivity index (χ1) is 7.70. The summed E-state index contributed by atoms with van der Waals surface area (Å²) in [6.07, 6.45) is 0. The molecule has 2 rings (SSSR count). The van der Waals surface area contributed by atoms with Crippen LogP contribution >= 0.6 is 38.5 Å². The lowest BCUT2D eigenvalue weighted by Gasteiger charge is -2.02. The standard InChI is InChI=1S/C10H6BrIN4/c11-9-10(12)14-15-16(9)6-8-3-1-7(5-13)2-4-8/h1-4H,6H2. The average molecular weight is 389 g/mol. The molecule has 0 spiro atoms. The predicted molar refractivity (Wildman–Crippen MR) is 70.7 cm³/mol. The van der Waals surface area contributed by atoms with Gasteiger partial charge in [0.15, 0.2) is 3.70 Å². The maximum Gasteiger partial charge on any atom is 0.157 e. The summed E-state index contributed by atoms with van der Waals surface area (Å²) >= 11 is 5.53. The van der Waals surface area contributed by atoms with Crippen molar-refractivity contribution in [3.05, 3.63) is 43.7 Å². The zero-order chi connectivity index (χ0) is 11.5. The largest absolute Gasteiger partial charge is 0.233 e. The van der Waals surface area contributed by atoms with Gasteiger partial charge in [0.1, 0.15) is 4.60 Å². The number of nitrogens with zero attached hydrogens (tertiary/aromatic N) is 4. The van der Waals surface area contributed by atoms with Crippen LogP contribution in [0.4, 0.5) is 0 Å². The van der Waals surface area contributed by atoms with Gasteiger partial charge in [0.2, 0.25) is 0 Å². The van der Waals surface area contributed by atoms with Crippen LogP contribution in [0.3, 0.4) is 0 Å². The molecule has 1 aromatic heterocycles. The number of hydrogen-bond donors (Lipinski definition) is 0. The van der Waals surface area contributed by atoms with Crippen molar-refractivity contribution >= 4 is 38.5 Å². The zero-order valence-electron chi connectivity index (χ0n) is 8.06. The fourth-order valence-corrected chi connectivity index (χ4v) is 1.89. The average Bonchev–Trinajstić information content (AvgIpc) is 2.62. The summed E-state index contributed by atoms with van der Waals surface area (Å²) in [5, 5.41) is 16.6. The van der Waals surface area contributed by atoms with Crippen molar-refractivity contribution in [2.24, 2.45) is 0 Å². The number of hydrogen-bond acceptors (Lipinski definition) is 3. The van der Waals surface area contributed by atoms with Gasteiger partial charge in [-0.2, -0.15) is 5.26 Å². The van der Waals surface area contributed by atoms with Crippen LogP contribution in [0.1, 0.15) is 11.1 Å². The molecule has 1 heterocycles. The van der Waals surface area contributed by atoms with Gasteiger partial charge in [-0.3, -0.25) is 0 Å². The van der Waals surface area contributed by atoms with Crippen LogP contribution in [0.2, 0.25) is 0 Å². The molecular formula is C10H6BrIN4. The second-order valence-electron chi connectivity index (χ2n) is 3.14. The molecule has 0 aliphatic rings. The lowest BCUT2D eigenvalue weighted by molar-refractivity contribution is 0.638. The predicted octanol–water partition coefficient (Wildman–Crippen LogP) is 2.57. The molecule has 0 aliphatic carbocycles. The SMILES string of the molecule is N#Cc1ccc(Cn2nnc(I)c2Br)cc1. The summed E-state index contributed by atoms with van der Waals surface area (Å²) in [5.41, 5.74) is 1.75. The van der Waals surface area contributed by atoms with Crippen molar-refractivity contribution in [1.82, 2.24) is 15.0 Å². The van der Waals surface area contributed by atoms with E-state index in [1.165, 1.54) is 0 Å². The molecular weight excluding hydrogens is 383 g/mol. The smallest absolute Gasteiger partial charge is 0.157 e. The van der Waals surface area contributed by atoms with Gasteiger partial charge < -0.3 is 0 Å². The number of halogens is 2. The van der Waals surface area contributed by atoms with Gasteiger partial charge in [-0.05, 0) is 56.2 Å². The highest BCUT2D eigenvalue weighted by atomic mass is 127. The summed E-state index contributed by atoms with van der Waals surface area (Å²) in [6.45, 7) is 0.641. The van der Waals surface area contributed by atoms with Crippen molar-refractivity contribution in [2.45, 2.75) is 6.54 Å². The van der Waals surface area contributed by atoms with Crippen molar-refractivity contribution in [3.63, 3.8) is 0 Å². The minimum atomic E-state index is 0.641. The Morgan fingerprint density at radius 1 is 1.38 bits per heavy atom. The number of nitriles is 1. The minimum Gasteiger partial charge on any atom is -0.233 e. The molecule has 0 bridgehead atoms. The van der Waals surface area contributed by atoms with Crippen LogP contribution in [0, 0.1) is 15.0 Å². The maximum absolute atomic E-state index is 8.68. The van der Waals surface area contributed by atoms with Gasteiger partial charge >= 0.3 is 0 Å². The van der Waals surface area contributed by atoms with Gasteiger partial charge in [0.05, 0.1) is 18.2 Å². The molecule has 1 aromatic carbocycles. The van der Waals surface area contributed by atoms with E-state index in [1.807, 2.05) is 12.1 Å². The second kappa shape index (κ2) is 4.93. The number of rotatable bonds is 2. The van der Waals surface area contributed by atoms with E-state index < -0.39 is 0 Å². The van der Waals surface area contributed by atoms with Crippen LogP contribution in [-0.4, -0.2) is 15.0 Å². The van der Waals surface area contributed by atoms with E-state index in [9.17, 15) is 0 Å². The number of aromatic nitrogens is 3. The topological polar surface area (TPSA) is 54.5 Å². The van der Waals surface area contributed by atoms with E-state index >= 15 is 0 Å². The molecule has 80 valence electrons. The second-order valence-corrected chi connectivity index (χ2v) is 4.91. The van der Waals surface area contributed by atoms with Crippen molar-refractivity contribution in [1.29, 1.82) is 5.26 Å². The Morgan fingerprint density at radius 2 is 2.06 bits per heavy atom. The monoisotopic (exact) mass is 388 g/mol. The van der Waals surface area contributed by atoms with Crippen LogP contribution in [0.25, 0.3) is 0 Å². The van der Waals surface area contributed by atoms with Crippen molar-refractivity contribution in [2.75, 3.05) is 0 Å². The molecule has 0 unspecified atom stereocenters. The molecule has 2 aromatic rings. The molecule has 0 N–H and O–H groups in total. The zero-order valence-corrected chi connectivity index (χ0v) is 11.8. The van der Waals surface area contributed by atoms with E-state index in [4.69, 9.17) is 5.26 Å². The summed E-state index contributed by atoms with van der Waals surface area (Å²) < 4.78 is 3.48. The molecule has 0 atom stereocenters. The third kappa shape index (κ3) is 2.41. The highest BCUT2D eigenvalue weighted by Crippen LogP contribution is 2.17. The molecule has 0 saturated carbocycles. The highest BCUT2D eigenvalue weighted by molar-refractivity contribution is 14.1. The summed E-state index contributed by atoms with van der Waals surface area (Å²) in [5.74, 6) is 0. The van der Waals surface area contributed by atoms with E-state index in [0.29, 0.717) is 12.1 Å². The first-order valence-electron chi connectivity index (χ1n) is 4.44. The lowest BCUT2D eigenvalue weighted by Crippen LogP contribution is -2.02. The van der Waals surface area contributed by atoms with Crippen LogP contribution in [-0.2, 0) is 6.54 Å². The van der Waals surface area contributed by atoms with Gasteiger partial charge in [0.25, 0.3) is 0 Å². The number of benzene rings is 1. The summed E-state index contributed by atoms with van der Waals surface area (Å²) in [6, 6.07) is 9.51. The van der Waals surface area contributed by atoms with Crippen LogP contribution < -0.4 is 0 Å². The minimum absolute atomic E-state index is 0.641. The first kappa shape index (κ1) is 11.5. The van der Waals surface area contributed by atoms with E-state index in [2.05, 4.69) is 54.9 Å². The summed E-state index contributed by atoms with van der Waals surface area (Å²) in [7, 11) is 0. The highest BCUT2D eigenvalue weighted by Gasteiger charge is 2.07. The molecule has 4 nitrogen and oxygen atoms in total. The Labute approximate surface area is 115 Å². The van der Waals surface area contributed by atoms with Gasteiger partial charge in [0, 0.05) is 0 Å². The Hall–Kier alpha value is -0.940. The molecule has 0 fully saturated rings. The van der Waals surface area contributed by atoms with Crippen molar-refractivity contribution in [3.8, 4) is 6.07 Å². The molecule has 0 aliphatic heterocycles. The molecule has 0 saturated heterocycles. The molecule has 0 radical (unpaired) electrons. The van der Waals surface area contributed by atoms with E-state index in [1.54, 1.807) is 16.8 Å². The Bertz CT molecular complexity index is 541. The lowest BCUT2D eigenvalue weighted by atomic mass is 10.1. The van der Waals surface area contributed by atoms with Crippen LogP contribution in [0.5, 0.6) is 0 Å². The van der Waals surface area contributed by atoms with Gasteiger partial charge in [-0.25, -0.2) is 4.68 Å². The molecule has 0 amide bonds. The third-order valence-electron chi connectivity index (χ3n) is 2.05. The van der Waals surface area contributed by atoms with Gasteiger partial charge in [-0.1, -0.05) is 17.3 Å². The maximum atomic E-state index is 8.68. The quantitative estimate of drug-likeness (QED) is 0.743. The normalized spacial score (nSPS) is 10.1. The van der Waals surface area contributed by atoms with E-state index in [0.717, 1.165) is 13.9 Å². The summed E-state index contributed by atoms with van der Waals surface area (Å²) in [4.78, 5) is 0. The van der Waals surface area contributed by atoms with Crippen LogP contribution in [0.15, 0.2) is 28.9 Å². The Balaban J connectivity index is 2.21. The fraction of sp³-hybridized carbons (Fsp3) is 0.100. The van der Waals surface area contributed by atoms with E-state index in [-0.39, 0.29) is 0 Å². The Kier molecular flexibility index (Phi) is 3.56. The Morgan fingerprint density at radius 3 is 2.56 bits per heavy atom. The fourth-order valence-electron chi connectivity index (χ4n) is 1.24. The van der Waals surface area contributed by atoms with Gasteiger partial charge in [-0.15, -0.1) is 5.10 Å². The first-order valence-corrected chi connectivity index (χ1v) is 6.31. The van der Waals surface area contributed by atoms with Crippen molar-refractivity contribution < 1.29 is 0 Å². The third-order valence-corrected chi connectivity index (χ3v) is 4.31. The molecule has 6 heteroatoms. The molecule has 16 heavy (non-hydrogen) atoms.